The quantitative estimate of drug-likeness (QED) is 0.642. The molecule has 1 amide bonds. The molecule has 0 saturated carbocycles. The van der Waals surface area contributed by atoms with Gasteiger partial charge in [-0.05, 0) is 41.3 Å². The zero-order chi connectivity index (χ0) is 19.4. The molecule has 138 valence electrons. The first-order chi connectivity index (χ1) is 12.8. The van der Waals surface area contributed by atoms with Crippen LogP contribution in [0.15, 0.2) is 67.0 Å². The van der Waals surface area contributed by atoms with E-state index < -0.39 is 5.82 Å². The zero-order valence-corrected chi connectivity index (χ0v) is 15.6. The second kappa shape index (κ2) is 7.58. The fourth-order valence-corrected chi connectivity index (χ4v) is 2.80. The molecule has 0 atom stereocenters. The van der Waals surface area contributed by atoms with E-state index in [4.69, 9.17) is 0 Å². The number of hydrogen-bond acceptors (Lipinski definition) is 3. The van der Waals surface area contributed by atoms with Crippen LogP contribution in [0.5, 0.6) is 0 Å². The Balaban J connectivity index is 1.81. The van der Waals surface area contributed by atoms with Gasteiger partial charge in [-0.15, -0.1) is 0 Å². The van der Waals surface area contributed by atoms with Crippen LogP contribution in [0, 0.1) is 5.82 Å². The van der Waals surface area contributed by atoms with Gasteiger partial charge in [-0.1, -0.05) is 45.0 Å². The summed E-state index contributed by atoms with van der Waals surface area (Å²) in [5, 5.41) is 6.02. The second-order valence-corrected chi connectivity index (χ2v) is 7.35. The Morgan fingerprint density at radius 2 is 1.74 bits per heavy atom. The van der Waals surface area contributed by atoms with Crippen LogP contribution in [0.1, 0.15) is 36.7 Å². The van der Waals surface area contributed by atoms with Crippen molar-refractivity contribution in [1.29, 1.82) is 0 Å². The van der Waals surface area contributed by atoms with Crippen molar-refractivity contribution in [2.45, 2.75) is 26.2 Å². The van der Waals surface area contributed by atoms with Crippen LogP contribution in [-0.2, 0) is 5.41 Å². The van der Waals surface area contributed by atoms with Crippen molar-refractivity contribution >= 4 is 23.0 Å². The molecule has 3 rings (SSSR count). The number of carbonyl (C=O) groups is 1. The SMILES string of the molecule is CC(C)(C)c1ccccc1Nc1cncc(C(=O)Nc2cccc(F)c2)c1. The Bertz CT molecular complexity index is 964. The van der Waals surface area contributed by atoms with Crippen molar-refractivity contribution in [3.05, 3.63) is 83.9 Å². The Morgan fingerprint density at radius 1 is 0.963 bits per heavy atom. The molecule has 1 heterocycles. The van der Waals surface area contributed by atoms with E-state index in [1.54, 1.807) is 24.4 Å². The minimum atomic E-state index is -0.403. The summed E-state index contributed by atoms with van der Waals surface area (Å²) >= 11 is 0. The Morgan fingerprint density at radius 3 is 2.48 bits per heavy atom. The minimum Gasteiger partial charge on any atom is -0.354 e. The lowest BCUT2D eigenvalue weighted by Gasteiger charge is -2.23. The maximum Gasteiger partial charge on any atom is 0.257 e. The number of hydrogen-bond donors (Lipinski definition) is 2. The minimum absolute atomic E-state index is 0.0244. The highest BCUT2D eigenvalue weighted by Crippen LogP contribution is 2.31. The molecule has 3 aromatic rings. The van der Waals surface area contributed by atoms with E-state index in [0.717, 1.165) is 5.69 Å². The number of anilines is 3. The van der Waals surface area contributed by atoms with Crippen molar-refractivity contribution in [1.82, 2.24) is 4.98 Å². The number of nitrogens with one attached hydrogen (secondary N) is 2. The van der Waals surface area contributed by atoms with Gasteiger partial charge in [-0.3, -0.25) is 9.78 Å². The Kier molecular flexibility index (Phi) is 5.21. The molecule has 0 fully saturated rings. The van der Waals surface area contributed by atoms with E-state index in [-0.39, 0.29) is 11.3 Å². The number of aromatic nitrogens is 1. The third kappa shape index (κ3) is 4.70. The summed E-state index contributed by atoms with van der Waals surface area (Å²) in [4.78, 5) is 16.6. The van der Waals surface area contributed by atoms with Crippen LogP contribution in [-0.4, -0.2) is 10.9 Å². The first-order valence-electron chi connectivity index (χ1n) is 8.71. The van der Waals surface area contributed by atoms with Crippen molar-refractivity contribution in [2.75, 3.05) is 10.6 Å². The van der Waals surface area contributed by atoms with E-state index in [1.807, 2.05) is 18.2 Å². The molecule has 0 unspecified atom stereocenters. The largest absolute Gasteiger partial charge is 0.354 e. The second-order valence-electron chi connectivity index (χ2n) is 7.35. The zero-order valence-electron chi connectivity index (χ0n) is 15.6. The summed E-state index contributed by atoms with van der Waals surface area (Å²) < 4.78 is 13.3. The lowest BCUT2D eigenvalue weighted by Crippen LogP contribution is -2.14. The number of benzene rings is 2. The van der Waals surface area contributed by atoms with Crippen LogP contribution in [0.25, 0.3) is 0 Å². The average molecular weight is 363 g/mol. The number of nitrogens with zero attached hydrogens (tertiary/aromatic N) is 1. The number of pyridine rings is 1. The van der Waals surface area contributed by atoms with E-state index in [1.165, 1.54) is 23.9 Å². The molecule has 0 radical (unpaired) electrons. The molecule has 1 aromatic heterocycles. The monoisotopic (exact) mass is 363 g/mol. The number of para-hydroxylation sites is 1. The Hall–Kier alpha value is -3.21. The smallest absolute Gasteiger partial charge is 0.257 e. The van der Waals surface area contributed by atoms with Crippen molar-refractivity contribution < 1.29 is 9.18 Å². The van der Waals surface area contributed by atoms with Crippen molar-refractivity contribution in [3.8, 4) is 0 Å². The van der Waals surface area contributed by atoms with E-state index in [2.05, 4.69) is 42.5 Å². The maximum atomic E-state index is 13.3. The van der Waals surface area contributed by atoms with E-state index >= 15 is 0 Å². The van der Waals surface area contributed by atoms with Crippen LogP contribution in [0.3, 0.4) is 0 Å². The topological polar surface area (TPSA) is 54.0 Å². The number of amides is 1. The van der Waals surface area contributed by atoms with Gasteiger partial charge in [0.25, 0.3) is 5.91 Å². The van der Waals surface area contributed by atoms with Crippen LogP contribution in [0.2, 0.25) is 0 Å². The summed E-state index contributed by atoms with van der Waals surface area (Å²) in [5.41, 5.74) is 3.60. The lowest BCUT2D eigenvalue weighted by molar-refractivity contribution is 0.102. The van der Waals surface area contributed by atoms with E-state index in [0.29, 0.717) is 16.9 Å². The first kappa shape index (κ1) is 18.6. The van der Waals surface area contributed by atoms with Gasteiger partial charge in [0.1, 0.15) is 5.82 Å². The Labute approximate surface area is 158 Å². The van der Waals surface area contributed by atoms with Gasteiger partial charge in [-0.25, -0.2) is 4.39 Å². The number of carbonyl (C=O) groups excluding carboxylic acids is 1. The predicted molar refractivity (Wildman–Crippen MR) is 107 cm³/mol. The first-order valence-corrected chi connectivity index (χ1v) is 8.71. The molecule has 0 bridgehead atoms. The number of rotatable bonds is 4. The van der Waals surface area contributed by atoms with Crippen LogP contribution in [0.4, 0.5) is 21.5 Å². The highest BCUT2D eigenvalue weighted by molar-refractivity contribution is 6.04. The summed E-state index contributed by atoms with van der Waals surface area (Å²) in [6.07, 6.45) is 3.15. The lowest BCUT2D eigenvalue weighted by atomic mass is 9.86. The molecular formula is C22H22FN3O. The molecule has 5 heteroatoms. The highest BCUT2D eigenvalue weighted by atomic mass is 19.1. The molecule has 2 aromatic carbocycles. The average Bonchev–Trinajstić information content (AvgIpc) is 2.61. The van der Waals surface area contributed by atoms with Gasteiger partial charge in [0.2, 0.25) is 0 Å². The van der Waals surface area contributed by atoms with Gasteiger partial charge in [0.15, 0.2) is 0 Å². The van der Waals surface area contributed by atoms with Gasteiger partial charge < -0.3 is 10.6 Å². The third-order valence-electron chi connectivity index (χ3n) is 4.10. The maximum absolute atomic E-state index is 13.3. The normalized spacial score (nSPS) is 11.1. The number of halogens is 1. The summed E-state index contributed by atoms with van der Waals surface area (Å²) in [6, 6.07) is 15.6. The van der Waals surface area contributed by atoms with Gasteiger partial charge in [-0.2, -0.15) is 0 Å². The van der Waals surface area contributed by atoms with Gasteiger partial charge >= 0.3 is 0 Å². The highest BCUT2D eigenvalue weighted by Gasteiger charge is 2.17. The molecule has 4 nitrogen and oxygen atoms in total. The van der Waals surface area contributed by atoms with Crippen LogP contribution >= 0.6 is 0 Å². The summed E-state index contributed by atoms with van der Waals surface area (Å²) in [7, 11) is 0. The molecule has 27 heavy (non-hydrogen) atoms. The van der Waals surface area contributed by atoms with Crippen LogP contribution < -0.4 is 10.6 Å². The van der Waals surface area contributed by atoms with E-state index in [9.17, 15) is 9.18 Å². The molecule has 2 N–H and O–H groups in total. The van der Waals surface area contributed by atoms with Crippen molar-refractivity contribution in [3.63, 3.8) is 0 Å². The summed E-state index contributed by atoms with van der Waals surface area (Å²) in [6.45, 7) is 6.44. The van der Waals surface area contributed by atoms with Gasteiger partial charge in [0.05, 0.1) is 17.4 Å². The molecule has 0 saturated heterocycles. The fraction of sp³-hybridized carbons (Fsp3) is 0.182. The molecule has 0 aliphatic heterocycles. The molecule has 0 spiro atoms. The molecular weight excluding hydrogens is 341 g/mol. The molecule has 0 aliphatic carbocycles. The van der Waals surface area contributed by atoms with Gasteiger partial charge in [0, 0.05) is 17.6 Å². The third-order valence-corrected chi connectivity index (χ3v) is 4.10. The standard InChI is InChI=1S/C22H22FN3O/c1-22(2,3)19-9-4-5-10-20(19)25-18-11-15(13-24-14-18)21(27)26-17-8-6-7-16(23)12-17/h4-14,25H,1-3H3,(H,26,27). The fourth-order valence-electron chi connectivity index (χ4n) is 2.80. The van der Waals surface area contributed by atoms with Crippen molar-refractivity contribution in [2.24, 2.45) is 0 Å². The summed E-state index contributed by atoms with van der Waals surface area (Å²) in [5.74, 6) is -0.749. The predicted octanol–water partition coefficient (Wildman–Crippen LogP) is 5.51. The molecule has 0 aliphatic rings.